The number of carboxylic acids is 1. The van der Waals surface area contributed by atoms with Crippen LogP contribution in [0.4, 0.5) is 5.69 Å². The van der Waals surface area contributed by atoms with E-state index in [0.717, 1.165) is 75.8 Å². The van der Waals surface area contributed by atoms with Crippen LogP contribution in [0.5, 0.6) is 0 Å². The van der Waals surface area contributed by atoms with Crippen molar-refractivity contribution in [3.63, 3.8) is 0 Å². The number of anilines is 1. The minimum atomic E-state index is -1.18. The summed E-state index contributed by atoms with van der Waals surface area (Å²) in [7, 11) is 0. The lowest BCUT2D eigenvalue weighted by Gasteiger charge is -2.28. The number of ketones is 1. The molecule has 1 unspecified atom stereocenters. The highest BCUT2D eigenvalue weighted by Gasteiger charge is 2.42. The van der Waals surface area contributed by atoms with E-state index in [1.807, 2.05) is 96.5 Å². The second-order valence-corrected chi connectivity index (χ2v) is 13.5. The predicted octanol–water partition coefficient (Wildman–Crippen LogP) is 8.99. The molecule has 8 heteroatoms. The van der Waals surface area contributed by atoms with Crippen molar-refractivity contribution >= 4 is 28.8 Å². The first-order valence-electron chi connectivity index (χ1n) is 16.9. The minimum absolute atomic E-state index is 0.0938. The Balaban J connectivity index is 1.13. The zero-order chi connectivity index (χ0) is 34.2. The van der Waals surface area contributed by atoms with Crippen LogP contribution in [0.25, 0.3) is 22.5 Å². The zero-order valence-corrected chi connectivity index (χ0v) is 28.8. The first kappa shape index (κ1) is 33.7. The lowest BCUT2D eigenvalue weighted by molar-refractivity contribution is -0.144. The Kier molecular flexibility index (Phi) is 10.5. The van der Waals surface area contributed by atoms with Gasteiger partial charge in [-0.05, 0) is 78.4 Å². The summed E-state index contributed by atoms with van der Waals surface area (Å²) in [6.07, 6.45) is 6.79. The molecule has 0 aliphatic carbocycles. The lowest BCUT2D eigenvalue weighted by Crippen LogP contribution is -2.40. The molecule has 6 aromatic rings. The third kappa shape index (κ3) is 7.76. The fraction of sp³-hybridized carbons (Fsp3) is 0.244. The number of hydrogen-bond donors (Lipinski definition) is 3. The number of carboxylic acid groups (broad SMARTS) is 1. The van der Waals surface area contributed by atoms with E-state index < -0.39 is 11.4 Å². The first-order chi connectivity index (χ1) is 23.9. The molecule has 0 aliphatic heterocycles. The smallest absolute Gasteiger partial charge is 0.316 e. The van der Waals surface area contributed by atoms with Gasteiger partial charge in [0.05, 0.1) is 10.7 Å². The monoisotopic (exact) mass is 670 g/mol. The van der Waals surface area contributed by atoms with Gasteiger partial charge in [-0.25, -0.2) is 4.98 Å². The number of carbonyl (C=O) groups excluding carboxylic acids is 1. The largest absolute Gasteiger partial charge is 0.481 e. The number of thiazole rings is 1. The van der Waals surface area contributed by atoms with Crippen molar-refractivity contribution in [3.8, 4) is 22.5 Å². The molecule has 7 nitrogen and oxygen atoms in total. The number of aromatic nitrogens is 3. The molecule has 1 atom stereocenters. The van der Waals surface area contributed by atoms with E-state index in [9.17, 15) is 14.7 Å². The second-order valence-electron chi connectivity index (χ2n) is 12.6. The predicted molar refractivity (Wildman–Crippen MR) is 199 cm³/mol. The first-order valence-corrected chi connectivity index (χ1v) is 17.8. The summed E-state index contributed by atoms with van der Waals surface area (Å²) < 4.78 is 0. The topological polar surface area (TPSA) is 102 Å². The number of aromatic amines is 2. The van der Waals surface area contributed by atoms with Gasteiger partial charge in [0.2, 0.25) is 0 Å². The van der Waals surface area contributed by atoms with Gasteiger partial charge in [-0.1, -0.05) is 68.4 Å². The second kappa shape index (κ2) is 15.3. The van der Waals surface area contributed by atoms with Crippen LogP contribution in [0.3, 0.4) is 0 Å². The van der Waals surface area contributed by atoms with Gasteiger partial charge >= 0.3 is 5.97 Å². The summed E-state index contributed by atoms with van der Waals surface area (Å²) in [5.74, 6) is -0.790. The highest BCUT2D eigenvalue weighted by atomic mass is 32.1. The summed E-state index contributed by atoms with van der Waals surface area (Å²) in [6, 6.07) is 31.6. The Hall–Kier alpha value is -5.21. The highest BCUT2D eigenvalue weighted by molar-refractivity contribution is 7.10. The average Bonchev–Trinajstić information content (AvgIpc) is 3.92. The minimum Gasteiger partial charge on any atom is -0.481 e. The van der Waals surface area contributed by atoms with E-state index in [2.05, 4.69) is 40.8 Å². The van der Waals surface area contributed by atoms with Gasteiger partial charge < -0.3 is 20.0 Å². The maximum Gasteiger partial charge on any atom is 0.316 e. The molecule has 3 aromatic heterocycles. The molecule has 0 amide bonds. The third-order valence-electron chi connectivity index (χ3n) is 9.02. The van der Waals surface area contributed by atoms with Crippen LogP contribution in [0.15, 0.2) is 115 Å². The van der Waals surface area contributed by atoms with Crippen LogP contribution in [-0.2, 0) is 29.5 Å². The van der Waals surface area contributed by atoms with Crippen LogP contribution in [0.2, 0.25) is 0 Å². The van der Waals surface area contributed by atoms with Gasteiger partial charge in [0.25, 0.3) is 0 Å². The fourth-order valence-corrected chi connectivity index (χ4v) is 7.38. The highest BCUT2D eigenvalue weighted by Crippen LogP contribution is 2.35. The Morgan fingerprint density at radius 3 is 2.18 bits per heavy atom. The summed E-state index contributed by atoms with van der Waals surface area (Å²) in [4.78, 5) is 39.8. The normalized spacial score (nSPS) is 12.4. The van der Waals surface area contributed by atoms with Crippen LogP contribution >= 0.6 is 11.3 Å². The van der Waals surface area contributed by atoms with Crippen molar-refractivity contribution in [2.24, 2.45) is 0 Å². The van der Waals surface area contributed by atoms with E-state index in [0.29, 0.717) is 18.5 Å². The average molecular weight is 671 g/mol. The maximum absolute atomic E-state index is 13.1. The Labute approximate surface area is 291 Å². The van der Waals surface area contributed by atoms with Crippen LogP contribution in [0, 0.1) is 0 Å². The van der Waals surface area contributed by atoms with E-state index in [1.165, 1.54) is 11.3 Å². The molecule has 0 spiro atoms. The summed E-state index contributed by atoms with van der Waals surface area (Å²) >= 11 is 1.48. The van der Waals surface area contributed by atoms with Crippen molar-refractivity contribution in [1.82, 2.24) is 15.0 Å². The molecule has 0 radical (unpaired) electrons. The number of Topliss-reactive ketones (excluding diaryl/α,β-unsaturated/α-hetero) is 1. The molecule has 0 bridgehead atoms. The molecule has 0 fully saturated rings. The molecule has 0 saturated heterocycles. The summed E-state index contributed by atoms with van der Waals surface area (Å²) in [5.41, 5.74) is 6.99. The van der Waals surface area contributed by atoms with Crippen molar-refractivity contribution in [3.05, 3.63) is 142 Å². The van der Waals surface area contributed by atoms with Gasteiger partial charge in [-0.15, -0.1) is 11.3 Å². The molecule has 3 aromatic carbocycles. The van der Waals surface area contributed by atoms with Crippen molar-refractivity contribution < 1.29 is 14.7 Å². The zero-order valence-electron chi connectivity index (χ0n) is 28.0. The van der Waals surface area contributed by atoms with E-state index in [4.69, 9.17) is 4.98 Å². The van der Waals surface area contributed by atoms with Crippen molar-refractivity contribution in [1.29, 1.82) is 0 Å². The number of nitrogens with zero attached hydrogens (tertiary/aromatic N) is 2. The van der Waals surface area contributed by atoms with Crippen LogP contribution < -0.4 is 4.90 Å². The van der Waals surface area contributed by atoms with Crippen LogP contribution in [-0.4, -0.2) is 44.9 Å². The number of rotatable bonds is 16. The molecule has 0 aliphatic rings. The standard InChI is InChI=1S/C41H42N4O3S/c1-3-21-45(22-4-2)34-18-16-33(17-19-34)37(46)24-30-23-35(43-27-30)31-12-14-32(15-13-31)36-28-49-39(44-36)26-41(40(47)48,38-11-8-20-42-38)25-29-9-6-5-7-10-29/h5-20,23,27-28,42-43H,3-4,21-22,24-26H2,1-2H3,(H,47,48). The maximum atomic E-state index is 13.1. The van der Waals surface area contributed by atoms with Gasteiger partial charge in [0, 0.05) is 71.9 Å². The van der Waals surface area contributed by atoms with Crippen LogP contribution in [0.1, 0.15) is 58.9 Å². The number of aliphatic carboxylic acids is 1. The van der Waals surface area contributed by atoms with Gasteiger partial charge in [-0.2, -0.15) is 0 Å². The summed E-state index contributed by atoms with van der Waals surface area (Å²) in [5, 5.41) is 13.3. The molecular weight excluding hydrogens is 629 g/mol. The van der Waals surface area contributed by atoms with Crippen molar-refractivity contribution in [2.45, 2.75) is 51.4 Å². The molecular formula is C41H42N4O3S. The summed E-state index contributed by atoms with van der Waals surface area (Å²) in [6.45, 7) is 6.39. The van der Waals surface area contributed by atoms with E-state index in [1.54, 1.807) is 6.20 Å². The number of H-pyrrole nitrogens is 2. The van der Waals surface area contributed by atoms with E-state index in [-0.39, 0.29) is 12.2 Å². The molecule has 250 valence electrons. The SMILES string of the molecule is CCCN(CCC)c1ccc(C(=O)Cc2c[nH]c(-c3ccc(-c4csc(CC(Cc5ccccc5)(C(=O)O)c5ccc[nH]5)n4)cc3)c2)cc1. The third-order valence-corrected chi connectivity index (χ3v) is 9.87. The van der Waals surface area contributed by atoms with E-state index >= 15 is 0 Å². The van der Waals surface area contributed by atoms with Gasteiger partial charge in [0.1, 0.15) is 5.41 Å². The quantitative estimate of drug-likeness (QED) is 0.0893. The van der Waals surface area contributed by atoms with Crippen molar-refractivity contribution in [2.75, 3.05) is 18.0 Å². The molecule has 49 heavy (non-hydrogen) atoms. The Morgan fingerprint density at radius 1 is 0.816 bits per heavy atom. The van der Waals surface area contributed by atoms with Gasteiger partial charge in [-0.3, -0.25) is 9.59 Å². The molecule has 0 saturated carbocycles. The lowest BCUT2D eigenvalue weighted by atomic mass is 9.76. The molecule has 3 heterocycles. The number of benzene rings is 3. The fourth-order valence-electron chi connectivity index (χ4n) is 6.46. The van der Waals surface area contributed by atoms with Gasteiger partial charge in [0.15, 0.2) is 5.78 Å². The Bertz CT molecular complexity index is 1960. The number of carbonyl (C=O) groups is 2. The number of nitrogens with one attached hydrogen (secondary N) is 2. The molecule has 6 rings (SSSR count). The Morgan fingerprint density at radius 2 is 1.53 bits per heavy atom. The number of hydrogen-bond acceptors (Lipinski definition) is 5. The molecule has 3 N–H and O–H groups in total.